The number of nitrogens with one attached hydrogen (secondary N) is 1. The summed E-state index contributed by atoms with van der Waals surface area (Å²) in [5.41, 5.74) is 0.543. The van der Waals surface area contributed by atoms with Crippen molar-refractivity contribution in [2.75, 3.05) is 25.5 Å². The predicted octanol–water partition coefficient (Wildman–Crippen LogP) is 3.00. The normalized spacial score (nSPS) is 11.4. The van der Waals surface area contributed by atoms with Crippen LogP contribution in [0.1, 0.15) is 6.92 Å². The highest BCUT2D eigenvalue weighted by Gasteiger charge is 2.23. The summed E-state index contributed by atoms with van der Waals surface area (Å²) in [4.78, 5) is 12.2. The van der Waals surface area contributed by atoms with E-state index in [9.17, 15) is 13.2 Å². The maximum Gasteiger partial charge on any atom is 0.243 e. The first-order valence-corrected chi connectivity index (χ1v) is 9.39. The van der Waals surface area contributed by atoms with Crippen molar-refractivity contribution in [2.45, 2.75) is 11.8 Å². The molecule has 0 unspecified atom stereocenters. The summed E-state index contributed by atoms with van der Waals surface area (Å²) in [7, 11) is -2.41. The fourth-order valence-corrected chi connectivity index (χ4v) is 3.33. The molecule has 2 aromatic rings. The molecular weight excluding hydrogens is 364 g/mol. The summed E-state index contributed by atoms with van der Waals surface area (Å²) in [6, 6.07) is 12.6. The van der Waals surface area contributed by atoms with E-state index in [1.807, 2.05) is 6.92 Å². The molecule has 0 aliphatic carbocycles. The number of benzene rings is 2. The third-order valence-electron chi connectivity index (χ3n) is 3.34. The highest BCUT2D eigenvalue weighted by molar-refractivity contribution is 7.89. The Labute approximate surface area is 152 Å². The van der Waals surface area contributed by atoms with Gasteiger partial charge >= 0.3 is 0 Å². The van der Waals surface area contributed by atoms with Crippen molar-refractivity contribution < 1.29 is 17.9 Å². The molecule has 0 heterocycles. The number of nitrogens with zero attached hydrogens (tertiary/aromatic N) is 1. The molecule has 1 amide bonds. The number of ether oxygens (including phenoxy) is 1. The van der Waals surface area contributed by atoms with Gasteiger partial charge in [0.25, 0.3) is 0 Å². The molecule has 0 spiro atoms. The third kappa shape index (κ3) is 5.19. The molecule has 6 nitrogen and oxygen atoms in total. The van der Waals surface area contributed by atoms with Crippen LogP contribution in [0, 0.1) is 0 Å². The number of hydrogen-bond acceptors (Lipinski definition) is 4. The van der Waals surface area contributed by atoms with Gasteiger partial charge in [-0.25, -0.2) is 8.42 Å². The largest absolute Gasteiger partial charge is 0.494 e. The standard InChI is InChI=1S/C17H19ClN2O4S/c1-3-24-15-8-10-16(11-9-15)25(22,23)20(2)12-17(21)19-14-6-4-13(18)5-7-14/h4-11H,3,12H2,1-2H3,(H,19,21). The van der Waals surface area contributed by atoms with E-state index in [0.717, 1.165) is 4.31 Å². The predicted molar refractivity (Wildman–Crippen MR) is 97.5 cm³/mol. The van der Waals surface area contributed by atoms with Gasteiger partial charge in [0.15, 0.2) is 0 Å². The van der Waals surface area contributed by atoms with Crippen LogP contribution < -0.4 is 10.1 Å². The maximum atomic E-state index is 12.5. The minimum absolute atomic E-state index is 0.0951. The Balaban J connectivity index is 2.03. The molecule has 0 saturated heterocycles. The zero-order valence-corrected chi connectivity index (χ0v) is 15.5. The highest BCUT2D eigenvalue weighted by Crippen LogP contribution is 2.19. The lowest BCUT2D eigenvalue weighted by atomic mass is 10.3. The molecule has 0 aliphatic heterocycles. The highest BCUT2D eigenvalue weighted by atomic mass is 35.5. The molecular formula is C17H19ClN2O4S. The van der Waals surface area contributed by atoms with Gasteiger partial charge in [0.2, 0.25) is 15.9 Å². The van der Waals surface area contributed by atoms with E-state index in [0.29, 0.717) is 23.1 Å². The quantitative estimate of drug-likeness (QED) is 0.798. The lowest BCUT2D eigenvalue weighted by Gasteiger charge is -2.17. The van der Waals surface area contributed by atoms with Gasteiger partial charge in [0.05, 0.1) is 18.0 Å². The molecule has 0 radical (unpaired) electrons. The molecule has 134 valence electrons. The second-order valence-corrected chi connectivity index (χ2v) is 7.70. The van der Waals surface area contributed by atoms with Gasteiger partial charge in [-0.15, -0.1) is 0 Å². The molecule has 25 heavy (non-hydrogen) atoms. The van der Waals surface area contributed by atoms with Crippen molar-refractivity contribution in [3.63, 3.8) is 0 Å². The van der Waals surface area contributed by atoms with Crippen molar-refractivity contribution >= 4 is 33.2 Å². The molecule has 0 bridgehead atoms. The van der Waals surface area contributed by atoms with E-state index in [1.165, 1.54) is 19.2 Å². The average Bonchev–Trinajstić information content (AvgIpc) is 2.57. The zero-order chi connectivity index (χ0) is 18.4. The van der Waals surface area contributed by atoms with E-state index < -0.39 is 15.9 Å². The Morgan fingerprint density at radius 3 is 2.28 bits per heavy atom. The second-order valence-electron chi connectivity index (χ2n) is 5.22. The van der Waals surface area contributed by atoms with Crippen LogP contribution in [0.3, 0.4) is 0 Å². The van der Waals surface area contributed by atoms with Crippen LogP contribution >= 0.6 is 11.6 Å². The Morgan fingerprint density at radius 2 is 1.72 bits per heavy atom. The van der Waals surface area contributed by atoms with E-state index >= 15 is 0 Å². The average molecular weight is 383 g/mol. The van der Waals surface area contributed by atoms with Gasteiger partial charge in [0.1, 0.15) is 5.75 Å². The van der Waals surface area contributed by atoms with Crippen LogP contribution in [-0.2, 0) is 14.8 Å². The van der Waals surface area contributed by atoms with E-state index in [4.69, 9.17) is 16.3 Å². The van der Waals surface area contributed by atoms with E-state index in [2.05, 4.69) is 5.32 Å². The van der Waals surface area contributed by atoms with Gasteiger partial charge in [-0.05, 0) is 55.5 Å². The van der Waals surface area contributed by atoms with Gasteiger partial charge in [-0.3, -0.25) is 4.79 Å². The molecule has 0 aromatic heterocycles. The monoisotopic (exact) mass is 382 g/mol. The summed E-state index contributed by atoms with van der Waals surface area (Å²) in [5, 5.41) is 3.18. The van der Waals surface area contributed by atoms with Crippen LogP contribution in [0.25, 0.3) is 0 Å². The molecule has 0 fully saturated rings. The molecule has 1 N–H and O–H groups in total. The van der Waals surface area contributed by atoms with Gasteiger partial charge in [-0.1, -0.05) is 11.6 Å². The summed E-state index contributed by atoms with van der Waals surface area (Å²) in [6.45, 7) is 2.03. The molecule has 2 rings (SSSR count). The van der Waals surface area contributed by atoms with Gasteiger partial charge in [0, 0.05) is 17.8 Å². The Bertz CT molecular complexity index is 821. The number of halogens is 1. The first kappa shape index (κ1) is 19.2. The third-order valence-corrected chi connectivity index (χ3v) is 5.41. The van der Waals surface area contributed by atoms with Crippen LogP contribution in [0.2, 0.25) is 5.02 Å². The van der Waals surface area contributed by atoms with Crippen molar-refractivity contribution in [3.05, 3.63) is 53.6 Å². The minimum atomic E-state index is -3.77. The summed E-state index contributed by atoms with van der Waals surface area (Å²) in [6.07, 6.45) is 0. The van der Waals surface area contributed by atoms with Gasteiger partial charge < -0.3 is 10.1 Å². The van der Waals surface area contributed by atoms with Crippen molar-refractivity contribution in [2.24, 2.45) is 0 Å². The fraction of sp³-hybridized carbons (Fsp3) is 0.235. The van der Waals surface area contributed by atoms with Gasteiger partial charge in [-0.2, -0.15) is 4.31 Å². The first-order valence-electron chi connectivity index (χ1n) is 7.57. The van der Waals surface area contributed by atoms with E-state index in [-0.39, 0.29) is 11.4 Å². The molecule has 8 heteroatoms. The van der Waals surface area contributed by atoms with Crippen molar-refractivity contribution in [3.8, 4) is 5.75 Å². The lowest BCUT2D eigenvalue weighted by Crippen LogP contribution is -2.34. The first-order chi connectivity index (χ1) is 11.8. The summed E-state index contributed by atoms with van der Waals surface area (Å²) in [5.74, 6) is 0.143. The number of rotatable bonds is 7. The second kappa shape index (κ2) is 8.33. The molecule has 0 saturated carbocycles. The van der Waals surface area contributed by atoms with Crippen LogP contribution in [0.5, 0.6) is 5.75 Å². The summed E-state index contributed by atoms with van der Waals surface area (Å²) < 4.78 is 31.3. The Hall–Kier alpha value is -2.09. The van der Waals surface area contributed by atoms with Crippen molar-refractivity contribution in [1.82, 2.24) is 4.31 Å². The van der Waals surface area contributed by atoms with E-state index in [1.54, 1.807) is 36.4 Å². The lowest BCUT2D eigenvalue weighted by molar-refractivity contribution is -0.116. The number of anilines is 1. The topological polar surface area (TPSA) is 75.7 Å². The fourth-order valence-electron chi connectivity index (χ4n) is 2.08. The summed E-state index contributed by atoms with van der Waals surface area (Å²) >= 11 is 5.78. The van der Waals surface area contributed by atoms with Crippen molar-refractivity contribution in [1.29, 1.82) is 0 Å². The Morgan fingerprint density at radius 1 is 1.12 bits per heavy atom. The number of likely N-dealkylation sites (N-methyl/N-ethyl adjacent to an activating group) is 1. The molecule has 0 aliphatic rings. The Kier molecular flexibility index (Phi) is 6.41. The smallest absolute Gasteiger partial charge is 0.243 e. The molecule has 0 atom stereocenters. The number of carbonyl (C=O) groups excluding carboxylic acids is 1. The SMILES string of the molecule is CCOc1ccc(S(=O)(=O)N(C)CC(=O)Nc2ccc(Cl)cc2)cc1. The minimum Gasteiger partial charge on any atom is -0.494 e. The zero-order valence-electron chi connectivity index (χ0n) is 13.9. The molecule has 2 aromatic carbocycles. The number of hydrogen-bond donors (Lipinski definition) is 1. The number of sulfonamides is 1. The number of carbonyl (C=O) groups is 1. The van der Waals surface area contributed by atoms with Crippen LogP contribution in [0.15, 0.2) is 53.4 Å². The maximum absolute atomic E-state index is 12.5. The number of amides is 1. The van der Waals surface area contributed by atoms with Crippen LogP contribution in [-0.4, -0.2) is 38.8 Å². The van der Waals surface area contributed by atoms with Crippen LogP contribution in [0.4, 0.5) is 5.69 Å².